The van der Waals surface area contributed by atoms with E-state index in [2.05, 4.69) is 15.9 Å². The molecule has 0 spiro atoms. The Morgan fingerprint density at radius 2 is 1.61 bits per heavy atom. The Bertz CT molecular complexity index is 621. The van der Waals surface area contributed by atoms with Gasteiger partial charge in [0.05, 0.1) is 33.0 Å². The van der Waals surface area contributed by atoms with E-state index in [1.54, 1.807) is 7.11 Å². The van der Waals surface area contributed by atoms with Gasteiger partial charge in [-0.25, -0.2) is 0 Å². The summed E-state index contributed by atoms with van der Waals surface area (Å²) in [5, 5.41) is 2.06. The van der Waals surface area contributed by atoms with Gasteiger partial charge in [0.1, 0.15) is 12.4 Å². The lowest BCUT2D eigenvalue weighted by molar-refractivity contribution is 0.0180. The Balaban J connectivity index is 1.72. The Kier molecular flexibility index (Phi) is 7.61. The standard InChI is InChI=1S/C17H22BrNO4/c1-20-4-5-21-6-7-22-8-9-23-15-10-13-2-3-14(18)11-16(13)17(19)12-15/h2-3,10-12H,4-9,19H2,1H3. The van der Waals surface area contributed by atoms with Crippen molar-refractivity contribution in [2.24, 2.45) is 0 Å². The molecule has 0 aromatic heterocycles. The lowest BCUT2D eigenvalue weighted by Crippen LogP contribution is -2.12. The first-order valence-electron chi connectivity index (χ1n) is 7.46. The van der Waals surface area contributed by atoms with E-state index in [4.69, 9.17) is 24.7 Å². The Hall–Kier alpha value is -1.34. The van der Waals surface area contributed by atoms with E-state index >= 15 is 0 Å². The van der Waals surface area contributed by atoms with Gasteiger partial charge in [0, 0.05) is 28.7 Å². The number of fused-ring (bicyclic) bond motifs is 1. The van der Waals surface area contributed by atoms with Gasteiger partial charge >= 0.3 is 0 Å². The summed E-state index contributed by atoms with van der Waals surface area (Å²) in [7, 11) is 1.65. The number of rotatable bonds is 10. The van der Waals surface area contributed by atoms with Crippen LogP contribution >= 0.6 is 15.9 Å². The van der Waals surface area contributed by atoms with Gasteiger partial charge in [-0.15, -0.1) is 0 Å². The summed E-state index contributed by atoms with van der Waals surface area (Å²) in [6.07, 6.45) is 0. The van der Waals surface area contributed by atoms with Gasteiger partial charge in [-0.05, 0) is 23.6 Å². The molecule has 0 fully saturated rings. The molecule has 2 rings (SSSR count). The molecule has 2 N–H and O–H groups in total. The third-order valence-electron chi connectivity index (χ3n) is 3.22. The highest BCUT2D eigenvalue weighted by atomic mass is 79.9. The molecule has 23 heavy (non-hydrogen) atoms. The van der Waals surface area contributed by atoms with E-state index in [0.29, 0.717) is 45.3 Å². The number of hydrogen-bond acceptors (Lipinski definition) is 5. The van der Waals surface area contributed by atoms with Gasteiger partial charge in [-0.3, -0.25) is 0 Å². The number of anilines is 1. The average Bonchev–Trinajstić information content (AvgIpc) is 2.54. The fraction of sp³-hybridized carbons (Fsp3) is 0.412. The molecule has 0 saturated heterocycles. The molecule has 6 heteroatoms. The van der Waals surface area contributed by atoms with E-state index < -0.39 is 0 Å². The second-order valence-electron chi connectivity index (χ2n) is 4.94. The minimum atomic E-state index is 0.472. The van der Waals surface area contributed by atoms with Crippen LogP contribution in [0.3, 0.4) is 0 Å². The van der Waals surface area contributed by atoms with Crippen LogP contribution < -0.4 is 10.5 Å². The van der Waals surface area contributed by atoms with Crippen molar-refractivity contribution in [3.63, 3.8) is 0 Å². The smallest absolute Gasteiger partial charge is 0.122 e. The fourth-order valence-corrected chi connectivity index (χ4v) is 2.46. The number of ether oxygens (including phenoxy) is 4. The Labute approximate surface area is 144 Å². The maximum atomic E-state index is 6.08. The second-order valence-corrected chi connectivity index (χ2v) is 5.86. The molecule has 0 atom stereocenters. The van der Waals surface area contributed by atoms with Crippen molar-refractivity contribution in [1.82, 2.24) is 0 Å². The Morgan fingerprint density at radius 1 is 0.913 bits per heavy atom. The lowest BCUT2D eigenvalue weighted by Gasteiger charge is -2.10. The molecule has 0 radical (unpaired) electrons. The van der Waals surface area contributed by atoms with Crippen molar-refractivity contribution in [3.8, 4) is 5.75 Å². The molecule has 0 unspecified atom stereocenters. The van der Waals surface area contributed by atoms with E-state index in [1.165, 1.54) is 0 Å². The number of hydrogen-bond donors (Lipinski definition) is 1. The predicted octanol–water partition coefficient (Wildman–Crippen LogP) is 3.24. The number of methoxy groups -OCH3 is 1. The van der Waals surface area contributed by atoms with Crippen LogP contribution in [0.5, 0.6) is 5.75 Å². The minimum absolute atomic E-state index is 0.472. The monoisotopic (exact) mass is 383 g/mol. The molecule has 0 amide bonds. The zero-order chi connectivity index (χ0) is 16.5. The quantitative estimate of drug-likeness (QED) is 0.503. The van der Waals surface area contributed by atoms with Gasteiger partial charge in [-0.1, -0.05) is 22.0 Å². The average molecular weight is 384 g/mol. The van der Waals surface area contributed by atoms with Crippen LogP contribution in [-0.2, 0) is 14.2 Å². The summed E-state index contributed by atoms with van der Waals surface area (Å²) in [6.45, 7) is 3.26. The molecule has 0 aliphatic rings. The van der Waals surface area contributed by atoms with Gasteiger partial charge < -0.3 is 24.7 Å². The third kappa shape index (κ3) is 5.99. The first kappa shape index (κ1) is 18.0. The molecule has 126 valence electrons. The molecular weight excluding hydrogens is 362 g/mol. The van der Waals surface area contributed by atoms with Crippen LogP contribution in [0.1, 0.15) is 0 Å². The van der Waals surface area contributed by atoms with E-state index in [1.807, 2.05) is 30.3 Å². The number of halogens is 1. The number of nitrogen functional groups attached to an aromatic ring is 1. The summed E-state index contributed by atoms with van der Waals surface area (Å²) >= 11 is 3.45. The highest BCUT2D eigenvalue weighted by Crippen LogP contribution is 2.29. The van der Waals surface area contributed by atoms with Gasteiger partial charge in [0.25, 0.3) is 0 Å². The number of benzene rings is 2. The van der Waals surface area contributed by atoms with E-state index in [9.17, 15) is 0 Å². The first-order chi connectivity index (χ1) is 11.2. The highest BCUT2D eigenvalue weighted by Gasteiger charge is 2.03. The summed E-state index contributed by atoms with van der Waals surface area (Å²) in [5.74, 6) is 0.747. The highest BCUT2D eigenvalue weighted by molar-refractivity contribution is 9.10. The van der Waals surface area contributed by atoms with Crippen LogP contribution in [0.25, 0.3) is 10.8 Å². The molecule has 0 heterocycles. The zero-order valence-corrected chi connectivity index (χ0v) is 14.8. The van der Waals surface area contributed by atoms with Gasteiger partial charge in [0.2, 0.25) is 0 Å². The van der Waals surface area contributed by atoms with E-state index in [-0.39, 0.29) is 0 Å². The first-order valence-corrected chi connectivity index (χ1v) is 8.26. The largest absolute Gasteiger partial charge is 0.491 e. The Morgan fingerprint density at radius 3 is 2.35 bits per heavy atom. The maximum Gasteiger partial charge on any atom is 0.122 e. The minimum Gasteiger partial charge on any atom is -0.491 e. The zero-order valence-electron chi connectivity index (χ0n) is 13.2. The van der Waals surface area contributed by atoms with Crippen molar-refractivity contribution in [2.75, 3.05) is 52.5 Å². The summed E-state index contributed by atoms with van der Waals surface area (Å²) < 4.78 is 22.3. The SMILES string of the molecule is COCCOCCOCCOc1cc(N)c2cc(Br)ccc2c1. The van der Waals surface area contributed by atoms with Crippen LogP contribution in [0.4, 0.5) is 5.69 Å². The van der Waals surface area contributed by atoms with Crippen LogP contribution in [-0.4, -0.2) is 46.8 Å². The maximum absolute atomic E-state index is 6.08. The molecule has 2 aromatic carbocycles. The van der Waals surface area contributed by atoms with Crippen molar-refractivity contribution in [3.05, 3.63) is 34.8 Å². The summed E-state index contributed by atoms with van der Waals surface area (Å²) in [6, 6.07) is 9.81. The van der Waals surface area contributed by atoms with Crippen molar-refractivity contribution in [1.29, 1.82) is 0 Å². The molecule has 0 saturated carbocycles. The summed E-state index contributed by atoms with van der Waals surface area (Å²) in [4.78, 5) is 0. The number of nitrogens with two attached hydrogens (primary N) is 1. The van der Waals surface area contributed by atoms with Crippen LogP contribution in [0.15, 0.2) is 34.8 Å². The van der Waals surface area contributed by atoms with Crippen molar-refractivity contribution >= 4 is 32.4 Å². The van der Waals surface area contributed by atoms with Crippen molar-refractivity contribution < 1.29 is 18.9 Å². The van der Waals surface area contributed by atoms with E-state index in [0.717, 1.165) is 21.0 Å². The van der Waals surface area contributed by atoms with Gasteiger partial charge in [0.15, 0.2) is 0 Å². The lowest BCUT2D eigenvalue weighted by atomic mass is 10.1. The molecule has 0 aliphatic carbocycles. The normalized spacial score (nSPS) is 11.0. The molecule has 5 nitrogen and oxygen atoms in total. The fourth-order valence-electron chi connectivity index (χ4n) is 2.10. The predicted molar refractivity (Wildman–Crippen MR) is 95.1 cm³/mol. The summed E-state index contributed by atoms with van der Waals surface area (Å²) in [5.41, 5.74) is 6.78. The van der Waals surface area contributed by atoms with Gasteiger partial charge in [-0.2, -0.15) is 0 Å². The molecule has 2 aromatic rings. The van der Waals surface area contributed by atoms with Crippen LogP contribution in [0.2, 0.25) is 0 Å². The molecule has 0 bridgehead atoms. The third-order valence-corrected chi connectivity index (χ3v) is 3.72. The van der Waals surface area contributed by atoms with Crippen LogP contribution in [0, 0.1) is 0 Å². The topological polar surface area (TPSA) is 62.9 Å². The second kappa shape index (κ2) is 9.72. The van der Waals surface area contributed by atoms with Crippen molar-refractivity contribution in [2.45, 2.75) is 0 Å². The molecule has 0 aliphatic heterocycles. The molecular formula is C17H22BrNO4.